The number of halogens is 1. The van der Waals surface area contributed by atoms with Gasteiger partial charge in [0, 0.05) is 19.7 Å². The Balaban J connectivity index is 1.85. The maximum Gasteiger partial charge on any atom is 0.129 e. The molecule has 0 radical (unpaired) electrons. The van der Waals surface area contributed by atoms with E-state index in [1.54, 1.807) is 6.07 Å². The smallest absolute Gasteiger partial charge is 0.129 e. The zero-order valence-electron chi connectivity index (χ0n) is 10.7. The van der Waals surface area contributed by atoms with Crippen molar-refractivity contribution in [3.8, 4) is 5.75 Å². The van der Waals surface area contributed by atoms with Crippen LogP contribution in [0, 0.1) is 0 Å². The Labute approximate surface area is 117 Å². The SMILES string of the molecule is CN(Cc1ccc(O)c(Br)c1)CC1CCCCO1. The molecule has 3 nitrogen and oxygen atoms in total. The minimum absolute atomic E-state index is 0.289. The van der Waals surface area contributed by atoms with Gasteiger partial charge in [0.2, 0.25) is 0 Å². The summed E-state index contributed by atoms with van der Waals surface area (Å²) in [5.74, 6) is 0.289. The van der Waals surface area contributed by atoms with Gasteiger partial charge in [-0.1, -0.05) is 6.07 Å². The number of phenols is 1. The second-order valence-electron chi connectivity index (χ2n) is 4.97. The van der Waals surface area contributed by atoms with Gasteiger partial charge in [-0.2, -0.15) is 0 Å². The molecular formula is C14H20BrNO2. The van der Waals surface area contributed by atoms with Crippen LogP contribution in [0.25, 0.3) is 0 Å². The molecule has 0 aliphatic carbocycles. The van der Waals surface area contributed by atoms with Crippen LogP contribution < -0.4 is 0 Å². The summed E-state index contributed by atoms with van der Waals surface area (Å²) in [6, 6.07) is 5.65. The Hall–Kier alpha value is -0.580. The molecule has 4 heteroatoms. The molecule has 0 aromatic heterocycles. The average Bonchev–Trinajstić information content (AvgIpc) is 2.35. The fourth-order valence-electron chi connectivity index (χ4n) is 2.32. The van der Waals surface area contributed by atoms with Crippen molar-refractivity contribution in [1.82, 2.24) is 4.90 Å². The highest BCUT2D eigenvalue weighted by Gasteiger charge is 2.16. The number of ether oxygens (including phenoxy) is 1. The third-order valence-corrected chi connectivity index (χ3v) is 3.89. The van der Waals surface area contributed by atoms with Crippen molar-refractivity contribution < 1.29 is 9.84 Å². The Bertz CT molecular complexity index is 391. The molecule has 1 aromatic carbocycles. The van der Waals surface area contributed by atoms with Gasteiger partial charge in [-0.25, -0.2) is 0 Å². The second-order valence-corrected chi connectivity index (χ2v) is 5.83. The van der Waals surface area contributed by atoms with Crippen molar-refractivity contribution in [3.05, 3.63) is 28.2 Å². The molecule has 1 saturated heterocycles. The van der Waals surface area contributed by atoms with Crippen molar-refractivity contribution >= 4 is 15.9 Å². The lowest BCUT2D eigenvalue weighted by atomic mass is 10.1. The number of likely N-dealkylation sites (N-methyl/N-ethyl adjacent to an activating group) is 1. The third kappa shape index (κ3) is 3.97. The topological polar surface area (TPSA) is 32.7 Å². The summed E-state index contributed by atoms with van der Waals surface area (Å²) in [5, 5.41) is 9.46. The number of hydrogen-bond acceptors (Lipinski definition) is 3. The molecule has 1 unspecified atom stereocenters. The van der Waals surface area contributed by atoms with E-state index >= 15 is 0 Å². The normalized spacial score (nSPS) is 20.3. The van der Waals surface area contributed by atoms with Gasteiger partial charge < -0.3 is 9.84 Å². The third-order valence-electron chi connectivity index (χ3n) is 3.25. The lowest BCUT2D eigenvalue weighted by Crippen LogP contribution is -2.33. The number of nitrogens with zero attached hydrogens (tertiary/aromatic N) is 1. The monoisotopic (exact) mass is 313 g/mol. The number of benzene rings is 1. The minimum Gasteiger partial charge on any atom is -0.507 e. The predicted octanol–water partition coefficient (Wildman–Crippen LogP) is 3.16. The minimum atomic E-state index is 0.289. The Morgan fingerprint density at radius 3 is 2.94 bits per heavy atom. The van der Waals surface area contributed by atoms with E-state index in [1.807, 2.05) is 12.1 Å². The molecule has 1 fully saturated rings. The van der Waals surface area contributed by atoms with E-state index in [9.17, 15) is 5.11 Å². The van der Waals surface area contributed by atoms with Gasteiger partial charge in [-0.3, -0.25) is 4.90 Å². The fourth-order valence-corrected chi connectivity index (χ4v) is 2.75. The van der Waals surface area contributed by atoms with E-state index in [0.717, 1.165) is 24.2 Å². The van der Waals surface area contributed by atoms with Crippen molar-refractivity contribution in [3.63, 3.8) is 0 Å². The molecule has 2 rings (SSSR count). The highest BCUT2D eigenvalue weighted by molar-refractivity contribution is 9.10. The van der Waals surface area contributed by atoms with Crippen LogP contribution in [0.4, 0.5) is 0 Å². The first-order valence-corrected chi connectivity index (χ1v) is 7.22. The molecule has 1 aliphatic heterocycles. The molecule has 0 amide bonds. The molecule has 1 aliphatic rings. The molecule has 0 saturated carbocycles. The van der Waals surface area contributed by atoms with Crippen LogP contribution >= 0.6 is 15.9 Å². The van der Waals surface area contributed by atoms with Gasteiger partial charge in [0.25, 0.3) is 0 Å². The van der Waals surface area contributed by atoms with Crippen molar-refractivity contribution in [2.24, 2.45) is 0 Å². The molecule has 0 bridgehead atoms. The van der Waals surface area contributed by atoms with Crippen LogP contribution in [0.1, 0.15) is 24.8 Å². The summed E-state index contributed by atoms with van der Waals surface area (Å²) in [4.78, 5) is 2.27. The molecule has 0 spiro atoms. The number of aromatic hydroxyl groups is 1. The Morgan fingerprint density at radius 2 is 2.28 bits per heavy atom. The molecule has 18 heavy (non-hydrogen) atoms. The van der Waals surface area contributed by atoms with Crippen LogP contribution in [0.15, 0.2) is 22.7 Å². The summed E-state index contributed by atoms with van der Waals surface area (Å²) in [7, 11) is 2.11. The summed E-state index contributed by atoms with van der Waals surface area (Å²) in [6.07, 6.45) is 4.03. The zero-order valence-corrected chi connectivity index (χ0v) is 12.3. The lowest BCUT2D eigenvalue weighted by Gasteiger charge is -2.27. The highest BCUT2D eigenvalue weighted by atomic mass is 79.9. The second kappa shape index (κ2) is 6.55. The number of hydrogen-bond donors (Lipinski definition) is 1. The van der Waals surface area contributed by atoms with Crippen LogP contribution in [0.3, 0.4) is 0 Å². The van der Waals surface area contributed by atoms with E-state index in [1.165, 1.54) is 24.8 Å². The Kier molecular flexibility index (Phi) is 5.03. The molecule has 1 heterocycles. The number of rotatable bonds is 4. The van der Waals surface area contributed by atoms with Crippen LogP contribution in [-0.2, 0) is 11.3 Å². The van der Waals surface area contributed by atoms with Crippen LogP contribution in [-0.4, -0.2) is 36.3 Å². The van der Waals surface area contributed by atoms with Gasteiger partial charge >= 0.3 is 0 Å². The molecule has 100 valence electrons. The van der Waals surface area contributed by atoms with Crippen LogP contribution in [0.2, 0.25) is 0 Å². The first-order valence-electron chi connectivity index (χ1n) is 6.42. The maximum absolute atomic E-state index is 9.46. The van der Waals surface area contributed by atoms with E-state index in [0.29, 0.717) is 6.10 Å². The summed E-state index contributed by atoms with van der Waals surface area (Å²) in [6.45, 7) is 2.75. The van der Waals surface area contributed by atoms with Gasteiger partial charge in [0.1, 0.15) is 5.75 Å². The summed E-state index contributed by atoms with van der Waals surface area (Å²) < 4.78 is 6.49. The Morgan fingerprint density at radius 1 is 1.44 bits per heavy atom. The maximum atomic E-state index is 9.46. The van der Waals surface area contributed by atoms with Gasteiger partial charge in [0.05, 0.1) is 10.6 Å². The van der Waals surface area contributed by atoms with E-state index in [4.69, 9.17) is 4.74 Å². The lowest BCUT2D eigenvalue weighted by molar-refractivity contribution is -0.00259. The molecule has 1 N–H and O–H groups in total. The first kappa shape index (κ1) is 13.8. The van der Waals surface area contributed by atoms with E-state index < -0.39 is 0 Å². The molecule has 1 atom stereocenters. The first-order chi connectivity index (χ1) is 8.65. The van der Waals surface area contributed by atoms with E-state index in [2.05, 4.69) is 27.9 Å². The zero-order chi connectivity index (χ0) is 13.0. The average molecular weight is 314 g/mol. The van der Waals surface area contributed by atoms with E-state index in [-0.39, 0.29) is 5.75 Å². The standard InChI is InChI=1S/C14H20BrNO2/c1-16(10-12-4-2-3-7-18-12)9-11-5-6-14(17)13(15)8-11/h5-6,8,12,17H,2-4,7,9-10H2,1H3. The van der Waals surface area contributed by atoms with Gasteiger partial charge in [-0.15, -0.1) is 0 Å². The quantitative estimate of drug-likeness (QED) is 0.927. The summed E-state index contributed by atoms with van der Waals surface area (Å²) >= 11 is 3.34. The number of phenolic OH excluding ortho intramolecular Hbond substituents is 1. The highest BCUT2D eigenvalue weighted by Crippen LogP contribution is 2.25. The molecular weight excluding hydrogens is 294 g/mol. The van der Waals surface area contributed by atoms with Gasteiger partial charge in [0.15, 0.2) is 0 Å². The fraction of sp³-hybridized carbons (Fsp3) is 0.571. The summed E-state index contributed by atoms with van der Waals surface area (Å²) in [5.41, 5.74) is 1.19. The van der Waals surface area contributed by atoms with Crippen molar-refractivity contribution in [2.45, 2.75) is 31.9 Å². The molecule has 1 aromatic rings. The predicted molar refractivity (Wildman–Crippen MR) is 75.7 cm³/mol. The van der Waals surface area contributed by atoms with Gasteiger partial charge in [-0.05, 0) is 59.9 Å². The van der Waals surface area contributed by atoms with Crippen molar-refractivity contribution in [1.29, 1.82) is 0 Å². The van der Waals surface area contributed by atoms with Crippen molar-refractivity contribution in [2.75, 3.05) is 20.2 Å². The van der Waals surface area contributed by atoms with Crippen LogP contribution in [0.5, 0.6) is 5.75 Å². The largest absolute Gasteiger partial charge is 0.507 e.